The van der Waals surface area contributed by atoms with Crippen molar-refractivity contribution in [2.24, 2.45) is 5.10 Å². The summed E-state index contributed by atoms with van der Waals surface area (Å²) in [7, 11) is 0. The molecule has 0 radical (unpaired) electrons. The first-order valence-corrected chi connectivity index (χ1v) is 8.72. The fraction of sp³-hybridized carbons (Fsp3) is 0.130. The van der Waals surface area contributed by atoms with Gasteiger partial charge in [0.15, 0.2) is 0 Å². The molecule has 3 rings (SSSR count). The SMILES string of the molecule is CC(C)c1ccc(/C=N/NC(=O)c2ccc(-c3ccccc3)cc2)cc1. The predicted molar refractivity (Wildman–Crippen MR) is 107 cm³/mol. The summed E-state index contributed by atoms with van der Waals surface area (Å²) in [5.74, 6) is 0.277. The number of nitrogens with one attached hydrogen (secondary N) is 1. The highest BCUT2D eigenvalue weighted by molar-refractivity contribution is 5.95. The third-order valence-electron chi connectivity index (χ3n) is 4.24. The number of amides is 1. The van der Waals surface area contributed by atoms with Crippen LogP contribution >= 0.6 is 0 Å². The zero-order valence-corrected chi connectivity index (χ0v) is 15.0. The van der Waals surface area contributed by atoms with Gasteiger partial charge in [0.2, 0.25) is 0 Å². The number of benzene rings is 3. The van der Waals surface area contributed by atoms with Crippen LogP contribution in [0.2, 0.25) is 0 Å². The Balaban J connectivity index is 1.61. The lowest BCUT2D eigenvalue weighted by molar-refractivity contribution is 0.0955. The van der Waals surface area contributed by atoms with E-state index in [4.69, 9.17) is 0 Å². The molecule has 3 aromatic rings. The molecule has 0 aliphatic heterocycles. The molecule has 1 amide bonds. The quantitative estimate of drug-likeness (QED) is 0.500. The minimum absolute atomic E-state index is 0.223. The molecule has 0 saturated heterocycles. The van der Waals surface area contributed by atoms with E-state index in [2.05, 4.69) is 36.5 Å². The van der Waals surface area contributed by atoms with E-state index in [0.717, 1.165) is 16.7 Å². The van der Waals surface area contributed by atoms with Gasteiger partial charge in [-0.3, -0.25) is 4.79 Å². The molecule has 3 heteroatoms. The van der Waals surface area contributed by atoms with Crippen LogP contribution in [0.25, 0.3) is 11.1 Å². The third kappa shape index (κ3) is 4.45. The Labute approximate surface area is 154 Å². The Morgan fingerprint density at radius 3 is 2.08 bits per heavy atom. The highest BCUT2D eigenvalue weighted by Gasteiger charge is 2.05. The van der Waals surface area contributed by atoms with E-state index in [1.165, 1.54) is 5.56 Å². The van der Waals surface area contributed by atoms with Crippen molar-refractivity contribution < 1.29 is 4.79 Å². The second kappa shape index (κ2) is 8.26. The molecule has 0 heterocycles. The lowest BCUT2D eigenvalue weighted by atomic mass is 10.0. The molecule has 0 bridgehead atoms. The average Bonchev–Trinajstić information content (AvgIpc) is 2.69. The van der Waals surface area contributed by atoms with Crippen LogP contribution in [0, 0.1) is 0 Å². The fourth-order valence-corrected chi connectivity index (χ4v) is 2.64. The van der Waals surface area contributed by atoms with Gasteiger partial charge in [0.25, 0.3) is 5.91 Å². The molecule has 0 spiro atoms. The zero-order valence-electron chi connectivity index (χ0n) is 15.0. The maximum absolute atomic E-state index is 12.2. The molecular weight excluding hydrogens is 320 g/mol. The average molecular weight is 342 g/mol. The first-order valence-electron chi connectivity index (χ1n) is 8.72. The van der Waals surface area contributed by atoms with E-state index >= 15 is 0 Å². The van der Waals surface area contributed by atoms with Crippen LogP contribution in [0.5, 0.6) is 0 Å². The summed E-state index contributed by atoms with van der Waals surface area (Å²) in [4.78, 5) is 12.2. The van der Waals surface area contributed by atoms with Crippen LogP contribution < -0.4 is 5.43 Å². The molecular formula is C23H22N2O. The summed E-state index contributed by atoms with van der Waals surface area (Å²) in [5, 5.41) is 4.05. The van der Waals surface area contributed by atoms with Gasteiger partial charge in [0, 0.05) is 5.56 Å². The number of hydrogen-bond acceptors (Lipinski definition) is 2. The smallest absolute Gasteiger partial charge is 0.267 e. The molecule has 0 saturated carbocycles. The molecule has 1 N–H and O–H groups in total. The van der Waals surface area contributed by atoms with Crippen LogP contribution in [0.4, 0.5) is 0 Å². The summed E-state index contributed by atoms with van der Waals surface area (Å²) in [6.45, 7) is 4.32. The van der Waals surface area contributed by atoms with Crippen molar-refractivity contribution in [2.75, 3.05) is 0 Å². The van der Waals surface area contributed by atoms with Gasteiger partial charge in [-0.05, 0) is 40.3 Å². The molecule has 130 valence electrons. The summed E-state index contributed by atoms with van der Waals surface area (Å²) < 4.78 is 0. The monoisotopic (exact) mass is 342 g/mol. The molecule has 0 fully saturated rings. The van der Waals surface area contributed by atoms with Crippen LogP contribution in [-0.4, -0.2) is 12.1 Å². The summed E-state index contributed by atoms with van der Waals surface area (Å²) in [6, 6.07) is 25.7. The molecule has 0 aromatic heterocycles. The molecule has 0 atom stereocenters. The molecule has 0 aliphatic rings. The Morgan fingerprint density at radius 2 is 1.46 bits per heavy atom. The van der Waals surface area contributed by atoms with Crippen molar-refractivity contribution in [3.05, 3.63) is 95.6 Å². The van der Waals surface area contributed by atoms with Gasteiger partial charge in [-0.1, -0.05) is 80.6 Å². The molecule has 0 aliphatic carbocycles. The van der Waals surface area contributed by atoms with Gasteiger partial charge in [-0.15, -0.1) is 0 Å². The van der Waals surface area contributed by atoms with E-state index in [9.17, 15) is 4.79 Å². The van der Waals surface area contributed by atoms with E-state index < -0.39 is 0 Å². The topological polar surface area (TPSA) is 41.5 Å². The molecule has 3 nitrogen and oxygen atoms in total. The van der Waals surface area contributed by atoms with Gasteiger partial charge < -0.3 is 0 Å². The summed E-state index contributed by atoms with van der Waals surface area (Å²) >= 11 is 0. The van der Waals surface area contributed by atoms with Crippen LogP contribution in [0.15, 0.2) is 84.0 Å². The van der Waals surface area contributed by atoms with Crippen LogP contribution in [0.1, 0.15) is 41.3 Å². The number of rotatable bonds is 5. The normalized spacial score (nSPS) is 11.0. The maximum atomic E-state index is 12.2. The molecule has 3 aromatic carbocycles. The van der Waals surface area contributed by atoms with Gasteiger partial charge in [-0.2, -0.15) is 5.10 Å². The Kier molecular flexibility index (Phi) is 5.59. The molecule has 26 heavy (non-hydrogen) atoms. The Hall–Kier alpha value is -3.20. The van der Waals surface area contributed by atoms with Crippen LogP contribution in [0.3, 0.4) is 0 Å². The standard InChI is InChI=1S/C23H22N2O/c1-17(2)19-10-8-18(9-11-19)16-24-25-23(26)22-14-12-21(13-15-22)20-6-4-3-5-7-20/h3-17H,1-2H3,(H,25,26)/b24-16+. The molecule has 0 unspecified atom stereocenters. The number of carbonyl (C=O) groups is 1. The number of hydrazone groups is 1. The van der Waals surface area contributed by atoms with Crippen molar-refractivity contribution in [3.63, 3.8) is 0 Å². The van der Waals surface area contributed by atoms with Crippen molar-refractivity contribution in [3.8, 4) is 11.1 Å². The zero-order chi connectivity index (χ0) is 18.4. The number of nitrogens with zero attached hydrogens (tertiary/aromatic N) is 1. The maximum Gasteiger partial charge on any atom is 0.271 e. The van der Waals surface area contributed by atoms with Crippen molar-refractivity contribution in [1.82, 2.24) is 5.43 Å². The summed E-state index contributed by atoms with van der Waals surface area (Å²) in [6.07, 6.45) is 1.65. The lowest BCUT2D eigenvalue weighted by Gasteiger charge is -2.05. The fourth-order valence-electron chi connectivity index (χ4n) is 2.64. The van der Waals surface area contributed by atoms with E-state index in [-0.39, 0.29) is 5.91 Å². The Bertz CT molecular complexity index is 880. The number of hydrogen-bond donors (Lipinski definition) is 1. The van der Waals surface area contributed by atoms with E-state index in [1.807, 2.05) is 66.7 Å². The first-order chi connectivity index (χ1) is 12.6. The van der Waals surface area contributed by atoms with Crippen molar-refractivity contribution >= 4 is 12.1 Å². The minimum Gasteiger partial charge on any atom is -0.267 e. The van der Waals surface area contributed by atoms with Gasteiger partial charge in [0.05, 0.1) is 6.21 Å². The van der Waals surface area contributed by atoms with Gasteiger partial charge in [0.1, 0.15) is 0 Å². The van der Waals surface area contributed by atoms with Crippen molar-refractivity contribution in [1.29, 1.82) is 0 Å². The van der Waals surface area contributed by atoms with Gasteiger partial charge >= 0.3 is 0 Å². The van der Waals surface area contributed by atoms with E-state index in [0.29, 0.717) is 11.5 Å². The second-order valence-corrected chi connectivity index (χ2v) is 6.46. The highest BCUT2D eigenvalue weighted by atomic mass is 16.2. The minimum atomic E-state index is -0.223. The second-order valence-electron chi connectivity index (χ2n) is 6.46. The number of carbonyl (C=O) groups excluding carboxylic acids is 1. The lowest BCUT2D eigenvalue weighted by Crippen LogP contribution is -2.17. The van der Waals surface area contributed by atoms with Crippen molar-refractivity contribution in [2.45, 2.75) is 19.8 Å². The van der Waals surface area contributed by atoms with Crippen LogP contribution in [-0.2, 0) is 0 Å². The Morgan fingerprint density at radius 1 is 0.846 bits per heavy atom. The third-order valence-corrected chi connectivity index (χ3v) is 4.24. The predicted octanol–water partition coefficient (Wildman–Crippen LogP) is 5.24. The largest absolute Gasteiger partial charge is 0.271 e. The van der Waals surface area contributed by atoms with Gasteiger partial charge in [-0.25, -0.2) is 5.43 Å². The summed E-state index contributed by atoms with van der Waals surface area (Å²) in [5.41, 5.74) is 7.60. The van der Waals surface area contributed by atoms with E-state index in [1.54, 1.807) is 6.21 Å². The highest BCUT2D eigenvalue weighted by Crippen LogP contribution is 2.19. The first kappa shape index (κ1) is 17.6.